The summed E-state index contributed by atoms with van der Waals surface area (Å²) in [4.78, 5) is 54.0. The van der Waals surface area contributed by atoms with Crippen LogP contribution in [0.25, 0.3) is 16.6 Å². The number of hydrogen-bond donors (Lipinski definition) is 1. The molecule has 0 atom stereocenters. The number of nitro groups is 1. The predicted molar refractivity (Wildman–Crippen MR) is 182 cm³/mol. The van der Waals surface area contributed by atoms with Crippen LogP contribution in [0.2, 0.25) is 0 Å². The van der Waals surface area contributed by atoms with Crippen LogP contribution in [0.5, 0.6) is 11.5 Å². The summed E-state index contributed by atoms with van der Waals surface area (Å²) in [6, 6.07) is 5.84. The number of amides is 1. The maximum Gasteiger partial charge on any atom is 0.410 e. The normalized spacial score (nSPS) is 13.6. The van der Waals surface area contributed by atoms with Gasteiger partial charge < -0.3 is 19.3 Å². The maximum absolute atomic E-state index is 15.1. The number of nitro benzene ring substituents is 1. The van der Waals surface area contributed by atoms with Gasteiger partial charge in [-0.3, -0.25) is 24.2 Å². The van der Waals surface area contributed by atoms with Gasteiger partial charge in [-0.05, 0) is 45.0 Å². The molecule has 1 saturated heterocycles. The van der Waals surface area contributed by atoms with Crippen LogP contribution in [0.1, 0.15) is 33.3 Å². The van der Waals surface area contributed by atoms with E-state index in [1.54, 1.807) is 38.7 Å². The molecule has 268 valence electrons. The molecular formula is C31H33FN10O8S. The Balaban J connectivity index is 1.46. The van der Waals surface area contributed by atoms with Crippen LogP contribution in [0.3, 0.4) is 0 Å². The van der Waals surface area contributed by atoms with Gasteiger partial charge in [0.1, 0.15) is 28.9 Å². The van der Waals surface area contributed by atoms with E-state index in [0.29, 0.717) is 32.1 Å². The molecule has 0 bridgehead atoms. The standard InChI is InChI=1S/C31H33FN10O8S/c1-6-38(5)51(47,48)37-22-8-7-21(32)27(20(22)15-33)49-24-10-9-23-25(26(24)42(45)46)28(43)41(18-36-23)19-16-34-29(35-17-19)39-11-13-40(14-12-39)30(44)50-31(2,3)4/h7-10,16-18,37H,6,11-14H2,1-5H3. The smallest absolute Gasteiger partial charge is 0.410 e. The molecule has 0 aliphatic carbocycles. The van der Waals surface area contributed by atoms with Gasteiger partial charge in [0.05, 0.1) is 34.2 Å². The Morgan fingerprint density at radius 3 is 2.39 bits per heavy atom. The minimum Gasteiger partial charge on any atom is -0.446 e. The van der Waals surface area contributed by atoms with Crippen molar-refractivity contribution in [2.75, 3.05) is 49.4 Å². The Hall–Kier alpha value is -5.94. The van der Waals surface area contributed by atoms with Gasteiger partial charge in [-0.15, -0.1) is 0 Å². The summed E-state index contributed by atoms with van der Waals surface area (Å²) < 4.78 is 55.4. The molecule has 51 heavy (non-hydrogen) atoms. The lowest BCUT2D eigenvalue weighted by atomic mass is 10.1. The van der Waals surface area contributed by atoms with Crippen LogP contribution < -0.4 is 19.9 Å². The molecule has 0 unspecified atom stereocenters. The quantitative estimate of drug-likeness (QED) is 0.193. The third kappa shape index (κ3) is 7.63. The summed E-state index contributed by atoms with van der Waals surface area (Å²) in [5, 5.41) is 21.8. The minimum absolute atomic E-state index is 0.0826. The predicted octanol–water partition coefficient (Wildman–Crippen LogP) is 3.55. The van der Waals surface area contributed by atoms with E-state index in [0.717, 1.165) is 33.4 Å². The lowest BCUT2D eigenvalue weighted by Crippen LogP contribution is -2.50. The monoisotopic (exact) mass is 724 g/mol. The Labute approximate surface area is 291 Å². The molecular weight excluding hydrogens is 691 g/mol. The maximum atomic E-state index is 15.1. The number of nitriles is 1. The third-order valence-electron chi connectivity index (χ3n) is 7.69. The third-order valence-corrected chi connectivity index (χ3v) is 9.25. The number of nitrogens with one attached hydrogen (secondary N) is 1. The summed E-state index contributed by atoms with van der Waals surface area (Å²) in [7, 11) is -2.86. The Bertz CT molecular complexity index is 2210. The highest BCUT2D eigenvalue weighted by Crippen LogP contribution is 2.39. The first-order valence-electron chi connectivity index (χ1n) is 15.4. The van der Waals surface area contributed by atoms with E-state index in [9.17, 15) is 33.4 Å². The minimum atomic E-state index is -4.14. The fraction of sp³-hybridized carbons (Fsp3) is 0.355. The fourth-order valence-electron chi connectivity index (χ4n) is 4.99. The van der Waals surface area contributed by atoms with Gasteiger partial charge in [-0.25, -0.2) is 24.1 Å². The highest BCUT2D eigenvalue weighted by Gasteiger charge is 2.30. The van der Waals surface area contributed by atoms with Crippen LogP contribution in [0, 0.1) is 27.3 Å². The largest absolute Gasteiger partial charge is 0.446 e. The van der Waals surface area contributed by atoms with Gasteiger partial charge in [-0.1, -0.05) is 6.92 Å². The molecule has 1 amide bonds. The number of aromatic nitrogens is 4. The molecule has 1 aliphatic rings. The molecule has 5 rings (SSSR count). The summed E-state index contributed by atoms with van der Waals surface area (Å²) >= 11 is 0. The summed E-state index contributed by atoms with van der Waals surface area (Å²) in [5.41, 5.74) is -3.29. The Morgan fingerprint density at radius 1 is 1.14 bits per heavy atom. The van der Waals surface area contributed by atoms with Gasteiger partial charge in [-0.2, -0.15) is 18.0 Å². The fourth-order valence-corrected chi connectivity index (χ4v) is 5.93. The summed E-state index contributed by atoms with van der Waals surface area (Å²) in [5.74, 6) is -2.21. The second kappa shape index (κ2) is 14.1. The molecule has 3 heterocycles. The van der Waals surface area contributed by atoms with Crippen molar-refractivity contribution >= 4 is 44.5 Å². The van der Waals surface area contributed by atoms with Crippen LogP contribution in [0.15, 0.2) is 47.8 Å². The molecule has 1 N–H and O–H groups in total. The van der Waals surface area contributed by atoms with Crippen molar-refractivity contribution in [3.8, 4) is 23.3 Å². The van der Waals surface area contributed by atoms with Crippen molar-refractivity contribution in [1.82, 2.24) is 28.7 Å². The van der Waals surface area contributed by atoms with E-state index in [1.165, 1.54) is 25.5 Å². The number of anilines is 2. The number of nitrogens with zero attached hydrogens (tertiary/aromatic N) is 9. The second-order valence-corrected chi connectivity index (χ2v) is 14.0. The number of hydrogen-bond acceptors (Lipinski definition) is 13. The van der Waals surface area contributed by atoms with Crippen molar-refractivity contribution in [2.45, 2.75) is 33.3 Å². The van der Waals surface area contributed by atoms with Crippen LogP contribution in [-0.4, -0.2) is 93.5 Å². The average Bonchev–Trinajstić information content (AvgIpc) is 3.08. The van der Waals surface area contributed by atoms with Crippen molar-refractivity contribution in [3.63, 3.8) is 0 Å². The molecule has 18 nitrogen and oxygen atoms in total. The van der Waals surface area contributed by atoms with Gasteiger partial charge in [0.2, 0.25) is 11.7 Å². The van der Waals surface area contributed by atoms with E-state index in [4.69, 9.17) is 9.47 Å². The van der Waals surface area contributed by atoms with E-state index in [1.807, 2.05) is 4.90 Å². The second-order valence-electron chi connectivity index (χ2n) is 12.2. The van der Waals surface area contributed by atoms with Gasteiger partial charge in [0.15, 0.2) is 11.6 Å². The van der Waals surface area contributed by atoms with Crippen LogP contribution in [-0.2, 0) is 14.9 Å². The first kappa shape index (κ1) is 36.3. The Kier molecular flexibility index (Phi) is 10.1. The number of halogens is 1. The number of rotatable bonds is 9. The number of carbonyl (C=O) groups excluding carboxylic acids is 1. The Morgan fingerprint density at radius 2 is 1.80 bits per heavy atom. The number of ether oxygens (including phenoxy) is 2. The summed E-state index contributed by atoms with van der Waals surface area (Å²) in [6.45, 7) is 8.61. The highest BCUT2D eigenvalue weighted by molar-refractivity contribution is 7.90. The first-order chi connectivity index (χ1) is 24.0. The van der Waals surface area contributed by atoms with Crippen molar-refractivity contribution in [1.29, 1.82) is 5.26 Å². The molecule has 1 aliphatic heterocycles. The molecule has 2 aromatic heterocycles. The average molecular weight is 725 g/mol. The zero-order chi connectivity index (χ0) is 37.2. The molecule has 1 fully saturated rings. The number of carbonyl (C=O) groups is 1. The molecule has 0 radical (unpaired) electrons. The number of fused-ring (bicyclic) bond motifs is 1. The lowest BCUT2D eigenvalue weighted by molar-refractivity contribution is -0.383. The van der Waals surface area contributed by atoms with Gasteiger partial charge in [0.25, 0.3) is 5.56 Å². The SMILES string of the molecule is CCN(C)S(=O)(=O)Nc1ccc(F)c(Oc2ccc3ncn(-c4cnc(N5CCN(C(=O)OC(C)(C)C)CC5)nc4)c(=O)c3c2[N+](=O)[O-])c1C#N. The zero-order valence-corrected chi connectivity index (χ0v) is 29.0. The van der Waals surface area contributed by atoms with Crippen molar-refractivity contribution < 1.29 is 32.0 Å². The zero-order valence-electron chi connectivity index (χ0n) is 28.2. The topological polar surface area (TPSA) is 219 Å². The van der Waals surface area contributed by atoms with Crippen molar-refractivity contribution in [2.24, 2.45) is 0 Å². The number of piperazine rings is 1. The van der Waals surface area contributed by atoms with Crippen LogP contribution >= 0.6 is 0 Å². The van der Waals surface area contributed by atoms with Crippen LogP contribution in [0.4, 0.5) is 26.5 Å². The molecule has 0 saturated carbocycles. The molecule has 20 heteroatoms. The molecule has 0 spiro atoms. The first-order valence-corrected chi connectivity index (χ1v) is 16.9. The van der Waals surface area contributed by atoms with Gasteiger partial charge >= 0.3 is 22.0 Å². The number of benzene rings is 2. The van der Waals surface area contributed by atoms with Gasteiger partial charge in [0, 0.05) is 39.8 Å². The lowest BCUT2D eigenvalue weighted by Gasteiger charge is -2.35. The van der Waals surface area contributed by atoms with E-state index < -0.39 is 66.3 Å². The molecule has 4 aromatic rings. The summed E-state index contributed by atoms with van der Waals surface area (Å²) in [6.07, 6.45) is 3.39. The van der Waals surface area contributed by atoms with E-state index >= 15 is 4.39 Å². The van der Waals surface area contributed by atoms with E-state index in [-0.39, 0.29) is 23.4 Å². The van der Waals surface area contributed by atoms with Crippen molar-refractivity contribution in [3.05, 3.63) is 74.8 Å². The highest BCUT2D eigenvalue weighted by atomic mass is 32.2. The molecule has 2 aromatic carbocycles. The van der Waals surface area contributed by atoms with E-state index in [2.05, 4.69) is 19.7 Å².